The summed E-state index contributed by atoms with van der Waals surface area (Å²) < 4.78 is 5.36. The highest BCUT2D eigenvalue weighted by Crippen LogP contribution is 2.24. The molecule has 2 heterocycles. The molecule has 4 rings (SSSR count). The third-order valence-corrected chi connectivity index (χ3v) is 5.48. The first-order valence-electron chi connectivity index (χ1n) is 9.44. The molecule has 1 N–H and O–H groups in total. The Morgan fingerprint density at radius 1 is 0.967 bits per heavy atom. The molecule has 0 fully saturated rings. The topological polar surface area (TPSA) is 80.9 Å². The second-order valence-electron chi connectivity index (χ2n) is 6.78. The number of aromatic nitrogens is 3. The van der Waals surface area contributed by atoms with Crippen LogP contribution in [-0.2, 0) is 4.79 Å². The Kier molecular flexibility index (Phi) is 5.90. The zero-order valence-electron chi connectivity index (χ0n) is 16.6. The molecule has 0 saturated carbocycles. The number of carbonyl (C=O) groups excluding carboxylic acids is 1. The number of pyridine rings is 1. The maximum Gasteiger partial charge on any atom is 0.259 e. The average Bonchev–Trinajstić information content (AvgIpc) is 3.26. The van der Waals surface area contributed by atoms with E-state index in [9.17, 15) is 4.79 Å². The molecule has 2 aromatic heterocycles. The van der Waals surface area contributed by atoms with Gasteiger partial charge in [-0.15, -0.1) is 0 Å². The van der Waals surface area contributed by atoms with E-state index in [0.717, 1.165) is 33.0 Å². The van der Waals surface area contributed by atoms with Crippen LogP contribution in [0.15, 0.2) is 76.4 Å². The molecule has 150 valence electrons. The van der Waals surface area contributed by atoms with Crippen molar-refractivity contribution in [2.75, 3.05) is 11.1 Å². The largest absolute Gasteiger partial charge is 0.334 e. The normalized spacial score (nSPS) is 10.7. The first kappa shape index (κ1) is 19.8. The number of para-hydroxylation sites is 1. The monoisotopic (exact) mass is 416 g/mol. The molecule has 0 unspecified atom stereocenters. The molecule has 30 heavy (non-hydrogen) atoms. The van der Waals surface area contributed by atoms with Gasteiger partial charge in [0.05, 0.1) is 16.3 Å². The average molecular weight is 417 g/mol. The molecule has 4 aromatic rings. The summed E-state index contributed by atoms with van der Waals surface area (Å²) in [5.41, 5.74) is 4.59. The van der Waals surface area contributed by atoms with Crippen molar-refractivity contribution in [3.63, 3.8) is 0 Å². The minimum absolute atomic E-state index is 0.0623. The maximum absolute atomic E-state index is 12.3. The fourth-order valence-electron chi connectivity index (χ4n) is 2.96. The summed E-state index contributed by atoms with van der Waals surface area (Å²) in [5, 5.41) is 7.76. The van der Waals surface area contributed by atoms with Gasteiger partial charge in [0.1, 0.15) is 0 Å². The minimum atomic E-state index is -0.0623. The summed E-state index contributed by atoms with van der Waals surface area (Å²) >= 11 is 1.38. The van der Waals surface area contributed by atoms with Gasteiger partial charge in [-0.05, 0) is 37.1 Å². The van der Waals surface area contributed by atoms with E-state index in [1.807, 2.05) is 74.5 Å². The third kappa shape index (κ3) is 4.58. The van der Waals surface area contributed by atoms with Gasteiger partial charge in [-0.3, -0.25) is 4.79 Å². The Morgan fingerprint density at radius 3 is 2.43 bits per heavy atom. The van der Waals surface area contributed by atoms with Gasteiger partial charge < -0.3 is 9.84 Å². The number of benzene rings is 2. The number of nitrogens with zero attached hydrogens (tertiary/aromatic N) is 3. The van der Waals surface area contributed by atoms with Crippen LogP contribution in [0.3, 0.4) is 0 Å². The van der Waals surface area contributed by atoms with Crippen molar-refractivity contribution >= 4 is 23.4 Å². The molecule has 0 aliphatic carbocycles. The van der Waals surface area contributed by atoms with Gasteiger partial charge in [0.25, 0.3) is 5.89 Å². The molecule has 7 heteroatoms. The molecule has 0 bridgehead atoms. The second-order valence-corrected chi connectivity index (χ2v) is 7.77. The molecule has 1 amide bonds. The molecule has 0 spiro atoms. The zero-order chi connectivity index (χ0) is 20.9. The van der Waals surface area contributed by atoms with E-state index in [2.05, 4.69) is 20.4 Å². The number of rotatable bonds is 6. The zero-order valence-corrected chi connectivity index (χ0v) is 17.4. The van der Waals surface area contributed by atoms with E-state index >= 15 is 0 Å². The predicted molar refractivity (Wildman–Crippen MR) is 118 cm³/mol. The van der Waals surface area contributed by atoms with Crippen LogP contribution in [0.1, 0.15) is 11.1 Å². The Hall–Kier alpha value is -3.45. The molecule has 0 aliphatic heterocycles. The quantitative estimate of drug-likeness (QED) is 0.438. The number of thioether (sulfide) groups is 1. The fourth-order valence-corrected chi connectivity index (χ4v) is 3.61. The van der Waals surface area contributed by atoms with E-state index < -0.39 is 0 Å². The summed E-state index contributed by atoms with van der Waals surface area (Å²) in [4.78, 5) is 21.2. The number of amides is 1. The van der Waals surface area contributed by atoms with Gasteiger partial charge in [0, 0.05) is 17.4 Å². The van der Waals surface area contributed by atoms with E-state index in [1.165, 1.54) is 11.8 Å². The molecule has 0 aliphatic rings. The van der Waals surface area contributed by atoms with E-state index in [0.29, 0.717) is 11.7 Å². The van der Waals surface area contributed by atoms with Crippen LogP contribution in [-0.4, -0.2) is 26.8 Å². The Labute approximate surface area is 178 Å². The van der Waals surface area contributed by atoms with Crippen molar-refractivity contribution in [1.82, 2.24) is 15.1 Å². The van der Waals surface area contributed by atoms with Crippen LogP contribution in [0.25, 0.3) is 22.8 Å². The smallest absolute Gasteiger partial charge is 0.259 e. The molecule has 6 nitrogen and oxygen atoms in total. The van der Waals surface area contributed by atoms with Gasteiger partial charge >= 0.3 is 0 Å². The van der Waals surface area contributed by atoms with Crippen LogP contribution in [0.4, 0.5) is 5.69 Å². The van der Waals surface area contributed by atoms with E-state index in [1.54, 1.807) is 6.20 Å². The Bertz CT molecular complexity index is 1140. The third-order valence-electron chi connectivity index (χ3n) is 4.54. The number of hydrogen-bond acceptors (Lipinski definition) is 6. The van der Waals surface area contributed by atoms with Crippen molar-refractivity contribution < 1.29 is 9.32 Å². The van der Waals surface area contributed by atoms with Crippen molar-refractivity contribution in [3.05, 3.63) is 78.0 Å². The first-order chi connectivity index (χ1) is 14.6. The molecular formula is C23H20N4O2S. The SMILES string of the molecule is Cc1cccc(C)c1NC(=O)CSc1ccc(-c2nc(-c3ccccc3)no2)cn1. The van der Waals surface area contributed by atoms with Crippen molar-refractivity contribution in [2.24, 2.45) is 0 Å². The van der Waals surface area contributed by atoms with Crippen LogP contribution in [0.5, 0.6) is 0 Å². The van der Waals surface area contributed by atoms with E-state index in [4.69, 9.17) is 4.52 Å². The maximum atomic E-state index is 12.3. The van der Waals surface area contributed by atoms with Crippen LogP contribution in [0.2, 0.25) is 0 Å². The lowest BCUT2D eigenvalue weighted by Crippen LogP contribution is -2.15. The standard InChI is InChI=1S/C23H20N4O2S/c1-15-7-6-8-16(2)21(15)25-19(28)14-30-20-12-11-18(13-24-20)23-26-22(27-29-23)17-9-4-3-5-10-17/h3-13H,14H2,1-2H3,(H,25,28). The van der Waals surface area contributed by atoms with Crippen molar-refractivity contribution in [3.8, 4) is 22.8 Å². The molecule has 0 atom stereocenters. The summed E-state index contributed by atoms with van der Waals surface area (Å²) in [5.74, 6) is 1.16. The van der Waals surface area contributed by atoms with Gasteiger partial charge in [0.2, 0.25) is 11.7 Å². The van der Waals surface area contributed by atoms with Crippen LogP contribution >= 0.6 is 11.8 Å². The predicted octanol–water partition coefficient (Wildman–Crippen LogP) is 5.15. The van der Waals surface area contributed by atoms with Crippen LogP contribution in [0, 0.1) is 13.8 Å². The van der Waals surface area contributed by atoms with Crippen LogP contribution < -0.4 is 5.32 Å². The van der Waals surface area contributed by atoms with Gasteiger partial charge in [0.15, 0.2) is 0 Å². The highest BCUT2D eigenvalue weighted by atomic mass is 32.2. The first-order valence-corrected chi connectivity index (χ1v) is 10.4. The lowest BCUT2D eigenvalue weighted by Gasteiger charge is -2.11. The van der Waals surface area contributed by atoms with Gasteiger partial charge in [-0.25, -0.2) is 4.98 Å². The summed E-state index contributed by atoms with van der Waals surface area (Å²) in [6.45, 7) is 3.97. The molecular weight excluding hydrogens is 396 g/mol. The minimum Gasteiger partial charge on any atom is -0.334 e. The number of hydrogen-bond donors (Lipinski definition) is 1. The fraction of sp³-hybridized carbons (Fsp3) is 0.130. The highest BCUT2D eigenvalue weighted by Gasteiger charge is 2.12. The van der Waals surface area contributed by atoms with Crippen molar-refractivity contribution in [2.45, 2.75) is 18.9 Å². The summed E-state index contributed by atoms with van der Waals surface area (Å²) in [7, 11) is 0. The molecule has 0 saturated heterocycles. The van der Waals surface area contributed by atoms with Gasteiger partial charge in [-0.1, -0.05) is 65.4 Å². The number of anilines is 1. The summed E-state index contributed by atoms with van der Waals surface area (Å²) in [6.07, 6.45) is 1.67. The summed E-state index contributed by atoms with van der Waals surface area (Å²) in [6, 6.07) is 19.3. The Balaban J connectivity index is 1.37. The van der Waals surface area contributed by atoms with Crippen molar-refractivity contribution in [1.29, 1.82) is 0 Å². The highest BCUT2D eigenvalue weighted by molar-refractivity contribution is 7.99. The Morgan fingerprint density at radius 2 is 1.73 bits per heavy atom. The number of aryl methyl sites for hydroxylation is 2. The lowest BCUT2D eigenvalue weighted by atomic mass is 10.1. The number of nitrogens with one attached hydrogen (secondary N) is 1. The molecule has 0 radical (unpaired) electrons. The van der Waals surface area contributed by atoms with E-state index in [-0.39, 0.29) is 11.7 Å². The molecule has 2 aromatic carbocycles. The lowest BCUT2D eigenvalue weighted by molar-refractivity contribution is -0.113. The second kappa shape index (κ2) is 8.92. The van der Waals surface area contributed by atoms with Gasteiger partial charge in [-0.2, -0.15) is 4.98 Å². The number of carbonyl (C=O) groups is 1.